The van der Waals surface area contributed by atoms with Gasteiger partial charge in [-0.15, -0.1) is 0 Å². The van der Waals surface area contributed by atoms with E-state index in [1.165, 1.54) is 38.8 Å². The van der Waals surface area contributed by atoms with Gasteiger partial charge in [-0.3, -0.25) is 4.90 Å². The minimum Gasteiger partial charge on any atom is -0.311 e. The maximum absolute atomic E-state index is 3.77. The van der Waals surface area contributed by atoms with Gasteiger partial charge in [0.25, 0.3) is 0 Å². The van der Waals surface area contributed by atoms with E-state index in [-0.39, 0.29) is 0 Å². The van der Waals surface area contributed by atoms with Gasteiger partial charge in [0.05, 0.1) is 0 Å². The molecule has 0 amide bonds. The maximum Gasteiger partial charge on any atom is 0.0269 e. The van der Waals surface area contributed by atoms with E-state index in [0.717, 1.165) is 12.5 Å². The summed E-state index contributed by atoms with van der Waals surface area (Å²) >= 11 is 0. The number of piperazine rings is 1. The van der Waals surface area contributed by atoms with Crippen LogP contribution in [0.25, 0.3) is 0 Å². The molecule has 1 saturated heterocycles. The van der Waals surface area contributed by atoms with Crippen LogP contribution in [0.4, 0.5) is 0 Å². The normalized spacial score (nSPS) is 27.5. The SMILES string of the molecule is CCCC(C)CN1CC(CCC)NCC1C(C)(C)C. The van der Waals surface area contributed by atoms with Crippen molar-refractivity contribution in [2.75, 3.05) is 19.6 Å². The third kappa shape index (κ3) is 5.43. The standard InChI is InChI=1S/C17H36N2/c1-7-9-14(3)12-19-13-15(10-8-2)18-11-16(19)17(4,5)6/h14-16,18H,7-13H2,1-6H3. The van der Waals surface area contributed by atoms with Crippen molar-refractivity contribution < 1.29 is 0 Å². The van der Waals surface area contributed by atoms with Gasteiger partial charge in [-0.25, -0.2) is 0 Å². The molecular weight excluding hydrogens is 232 g/mol. The zero-order valence-corrected chi connectivity index (χ0v) is 14.1. The molecule has 0 aromatic heterocycles. The largest absolute Gasteiger partial charge is 0.311 e. The number of nitrogens with zero attached hydrogens (tertiary/aromatic N) is 1. The number of hydrogen-bond donors (Lipinski definition) is 1. The van der Waals surface area contributed by atoms with Crippen molar-refractivity contribution in [3.8, 4) is 0 Å². The number of hydrogen-bond acceptors (Lipinski definition) is 2. The van der Waals surface area contributed by atoms with Crippen molar-refractivity contribution in [1.29, 1.82) is 0 Å². The summed E-state index contributed by atoms with van der Waals surface area (Å²) in [4.78, 5) is 2.77. The molecule has 1 fully saturated rings. The number of rotatable bonds is 6. The monoisotopic (exact) mass is 268 g/mol. The van der Waals surface area contributed by atoms with Gasteiger partial charge in [-0.1, -0.05) is 54.4 Å². The smallest absolute Gasteiger partial charge is 0.0269 e. The summed E-state index contributed by atoms with van der Waals surface area (Å²) in [7, 11) is 0. The van der Waals surface area contributed by atoms with Crippen molar-refractivity contribution in [2.45, 2.75) is 79.3 Å². The van der Waals surface area contributed by atoms with Crippen LogP contribution in [0, 0.1) is 11.3 Å². The predicted molar refractivity (Wildman–Crippen MR) is 85.6 cm³/mol. The van der Waals surface area contributed by atoms with Crippen molar-refractivity contribution in [3.05, 3.63) is 0 Å². The zero-order chi connectivity index (χ0) is 14.5. The molecule has 3 atom stereocenters. The highest BCUT2D eigenvalue weighted by molar-refractivity contribution is 4.92. The van der Waals surface area contributed by atoms with Crippen LogP contribution in [0.15, 0.2) is 0 Å². The van der Waals surface area contributed by atoms with Gasteiger partial charge in [-0.05, 0) is 24.2 Å². The van der Waals surface area contributed by atoms with Crippen molar-refractivity contribution >= 4 is 0 Å². The van der Waals surface area contributed by atoms with E-state index in [1.54, 1.807) is 0 Å². The van der Waals surface area contributed by atoms with E-state index in [2.05, 4.69) is 51.8 Å². The van der Waals surface area contributed by atoms with Gasteiger partial charge < -0.3 is 5.32 Å². The lowest BCUT2D eigenvalue weighted by molar-refractivity contribution is 0.0420. The van der Waals surface area contributed by atoms with Crippen LogP contribution in [0.5, 0.6) is 0 Å². The van der Waals surface area contributed by atoms with E-state index in [9.17, 15) is 0 Å². The molecule has 1 aliphatic rings. The highest BCUT2D eigenvalue weighted by Crippen LogP contribution is 2.28. The second kappa shape index (κ2) is 7.64. The van der Waals surface area contributed by atoms with Gasteiger partial charge in [0.1, 0.15) is 0 Å². The van der Waals surface area contributed by atoms with E-state index < -0.39 is 0 Å². The van der Waals surface area contributed by atoms with Crippen LogP contribution < -0.4 is 5.32 Å². The quantitative estimate of drug-likeness (QED) is 0.785. The minimum atomic E-state index is 0.371. The second-order valence-electron chi connectivity index (χ2n) is 7.62. The first-order valence-electron chi connectivity index (χ1n) is 8.35. The average Bonchev–Trinajstić information content (AvgIpc) is 2.28. The topological polar surface area (TPSA) is 15.3 Å². The lowest BCUT2D eigenvalue weighted by Gasteiger charge is -2.47. The Balaban J connectivity index is 2.65. The Bertz CT molecular complexity index is 242. The lowest BCUT2D eigenvalue weighted by Crippen LogP contribution is -2.61. The van der Waals surface area contributed by atoms with E-state index in [4.69, 9.17) is 0 Å². The van der Waals surface area contributed by atoms with Crippen molar-refractivity contribution in [3.63, 3.8) is 0 Å². The predicted octanol–water partition coefficient (Wildman–Crippen LogP) is 3.91. The molecule has 0 aliphatic carbocycles. The Morgan fingerprint density at radius 1 is 1.21 bits per heavy atom. The third-order valence-electron chi connectivity index (χ3n) is 4.46. The molecule has 0 aromatic rings. The molecule has 0 aromatic carbocycles. The molecule has 0 radical (unpaired) electrons. The van der Waals surface area contributed by atoms with Gasteiger partial charge >= 0.3 is 0 Å². The molecule has 3 unspecified atom stereocenters. The first kappa shape index (κ1) is 17.0. The fourth-order valence-electron chi connectivity index (χ4n) is 3.46. The van der Waals surface area contributed by atoms with E-state index >= 15 is 0 Å². The zero-order valence-electron chi connectivity index (χ0n) is 14.1. The first-order valence-corrected chi connectivity index (χ1v) is 8.35. The molecule has 1 aliphatic heterocycles. The Morgan fingerprint density at radius 3 is 2.42 bits per heavy atom. The summed E-state index contributed by atoms with van der Waals surface area (Å²) in [6.45, 7) is 17.8. The van der Waals surface area contributed by atoms with Crippen molar-refractivity contribution in [2.24, 2.45) is 11.3 Å². The third-order valence-corrected chi connectivity index (χ3v) is 4.46. The molecule has 1 N–H and O–H groups in total. The Hall–Kier alpha value is -0.0800. The summed E-state index contributed by atoms with van der Waals surface area (Å²) in [5.41, 5.74) is 0.371. The Kier molecular flexibility index (Phi) is 6.82. The van der Waals surface area contributed by atoms with Gasteiger partial charge in [0.15, 0.2) is 0 Å². The van der Waals surface area contributed by atoms with Crippen LogP contribution in [0.2, 0.25) is 0 Å². The molecule has 19 heavy (non-hydrogen) atoms. The van der Waals surface area contributed by atoms with Crippen molar-refractivity contribution in [1.82, 2.24) is 10.2 Å². The van der Waals surface area contributed by atoms with E-state index in [1.807, 2.05) is 0 Å². The van der Waals surface area contributed by atoms with Crippen LogP contribution in [-0.4, -0.2) is 36.6 Å². The van der Waals surface area contributed by atoms with Crippen LogP contribution >= 0.6 is 0 Å². The highest BCUT2D eigenvalue weighted by atomic mass is 15.2. The van der Waals surface area contributed by atoms with Gasteiger partial charge in [0.2, 0.25) is 0 Å². The Morgan fingerprint density at radius 2 is 1.89 bits per heavy atom. The van der Waals surface area contributed by atoms with E-state index in [0.29, 0.717) is 17.5 Å². The fourth-order valence-corrected chi connectivity index (χ4v) is 3.46. The average molecular weight is 268 g/mol. The Labute approximate surface area is 121 Å². The molecule has 0 spiro atoms. The summed E-state index contributed by atoms with van der Waals surface area (Å²) in [5.74, 6) is 0.829. The second-order valence-corrected chi connectivity index (χ2v) is 7.62. The molecule has 114 valence electrons. The molecule has 0 saturated carbocycles. The molecule has 1 rings (SSSR count). The van der Waals surface area contributed by atoms with Crippen LogP contribution in [-0.2, 0) is 0 Å². The molecule has 0 bridgehead atoms. The molecule has 2 nitrogen and oxygen atoms in total. The maximum atomic E-state index is 3.77. The van der Waals surface area contributed by atoms with Crippen LogP contribution in [0.1, 0.15) is 67.2 Å². The highest BCUT2D eigenvalue weighted by Gasteiger charge is 2.35. The molecule has 2 heteroatoms. The molecule has 1 heterocycles. The first-order chi connectivity index (χ1) is 8.88. The summed E-state index contributed by atoms with van der Waals surface area (Å²) < 4.78 is 0. The molecular formula is C17H36N2. The summed E-state index contributed by atoms with van der Waals surface area (Å²) in [6, 6.07) is 1.39. The summed E-state index contributed by atoms with van der Waals surface area (Å²) in [6.07, 6.45) is 5.27. The number of nitrogens with one attached hydrogen (secondary N) is 1. The minimum absolute atomic E-state index is 0.371. The van der Waals surface area contributed by atoms with Gasteiger partial charge in [0, 0.05) is 31.7 Å². The lowest BCUT2D eigenvalue weighted by atomic mass is 9.83. The summed E-state index contributed by atoms with van der Waals surface area (Å²) in [5, 5.41) is 3.77. The van der Waals surface area contributed by atoms with Crippen LogP contribution in [0.3, 0.4) is 0 Å². The fraction of sp³-hybridized carbons (Fsp3) is 1.00. The van der Waals surface area contributed by atoms with Gasteiger partial charge in [-0.2, -0.15) is 0 Å².